The Morgan fingerprint density at radius 1 is 1.26 bits per heavy atom. The van der Waals surface area contributed by atoms with E-state index in [1.54, 1.807) is 25.2 Å². The third-order valence-electron chi connectivity index (χ3n) is 2.89. The van der Waals surface area contributed by atoms with Crippen molar-refractivity contribution in [3.8, 4) is 0 Å². The zero-order chi connectivity index (χ0) is 13.8. The zero-order valence-electron chi connectivity index (χ0n) is 10.3. The lowest BCUT2D eigenvalue weighted by Crippen LogP contribution is -2.20. The lowest BCUT2D eigenvalue weighted by Gasteiger charge is -2.16. The van der Waals surface area contributed by atoms with Gasteiger partial charge in [-0.25, -0.2) is 8.78 Å². The van der Waals surface area contributed by atoms with Crippen molar-refractivity contribution in [1.82, 2.24) is 10.3 Å². The van der Waals surface area contributed by atoms with E-state index < -0.39 is 0 Å². The standard InChI is InChI=1S/C14H13BrF2N2/c1-18-14(13-5-3-11(16)8-19-13)7-9-6-10(15)2-4-12(9)17/h2-6,8,14,18H,7H2,1H3. The van der Waals surface area contributed by atoms with Crippen molar-refractivity contribution in [3.63, 3.8) is 0 Å². The maximum Gasteiger partial charge on any atom is 0.141 e. The third-order valence-corrected chi connectivity index (χ3v) is 3.38. The Morgan fingerprint density at radius 3 is 2.68 bits per heavy atom. The van der Waals surface area contributed by atoms with E-state index in [2.05, 4.69) is 26.2 Å². The van der Waals surface area contributed by atoms with Gasteiger partial charge in [0.2, 0.25) is 0 Å². The van der Waals surface area contributed by atoms with Crippen molar-refractivity contribution in [2.24, 2.45) is 0 Å². The van der Waals surface area contributed by atoms with Gasteiger partial charge in [0.25, 0.3) is 0 Å². The third kappa shape index (κ3) is 3.58. The molecule has 0 aliphatic rings. The van der Waals surface area contributed by atoms with Crippen LogP contribution in [0, 0.1) is 11.6 Å². The summed E-state index contributed by atoms with van der Waals surface area (Å²) < 4.78 is 27.4. The Bertz CT molecular complexity index is 558. The molecule has 19 heavy (non-hydrogen) atoms. The van der Waals surface area contributed by atoms with Crippen LogP contribution in [0.15, 0.2) is 41.0 Å². The molecule has 1 heterocycles. The van der Waals surface area contributed by atoms with E-state index in [-0.39, 0.29) is 17.7 Å². The number of aromatic nitrogens is 1. The molecule has 0 fully saturated rings. The van der Waals surface area contributed by atoms with Crippen LogP contribution in [0.4, 0.5) is 8.78 Å². The Kier molecular flexibility index (Phi) is 4.61. The molecule has 0 aliphatic heterocycles. The smallest absolute Gasteiger partial charge is 0.141 e. The van der Waals surface area contributed by atoms with Crippen molar-refractivity contribution in [3.05, 3.63) is 63.9 Å². The van der Waals surface area contributed by atoms with Gasteiger partial charge < -0.3 is 5.32 Å². The largest absolute Gasteiger partial charge is 0.311 e. The lowest BCUT2D eigenvalue weighted by molar-refractivity contribution is 0.540. The summed E-state index contributed by atoms with van der Waals surface area (Å²) in [5, 5.41) is 3.07. The minimum absolute atomic E-state index is 0.163. The number of nitrogens with one attached hydrogen (secondary N) is 1. The van der Waals surface area contributed by atoms with E-state index in [4.69, 9.17) is 0 Å². The molecule has 1 atom stereocenters. The van der Waals surface area contributed by atoms with Gasteiger partial charge in [0.15, 0.2) is 0 Å². The van der Waals surface area contributed by atoms with E-state index in [1.807, 2.05) is 0 Å². The second kappa shape index (κ2) is 6.21. The molecule has 0 aliphatic carbocycles. The van der Waals surface area contributed by atoms with Crippen molar-refractivity contribution < 1.29 is 8.78 Å². The van der Waals surface area contributed by atoms with Crippen molar-refractivity contribution in [1.29, 1.82) is 0 Å². The molecule has 2 nitrogen and oxygen atoms in total. The highest BCUT2D eigenvalue weighted by molar-refractivity contribution is 9.10. The second-order valence-corrected chi connectivity index (χ2v) is 5.10. The molecule has 1 unspecified atom stereocenters. The van der Waals surface area contributed by atoms with Crippen LogP contribution in [-0.2, 0) is 6.42 Å². The van der Waals surface area contributed by atoms with Crippen LogP contribution in [0.5, 0.6) is 0 Å². The number of halogens is 3. The molecule has 0 saturated heterocycles. The van der Waals surface area contributed by atoms with Crippen molar-refractivity contribution in [2.75, 3.05) is 7.05 Å². The lowest BCUT2D eigenvalue weighted by atomic mass is 10.0. The summed E-state index contributed by atoms with van der Waals surface area (Å²) in [6, 6.07) is 7.61. The number of pyridine rings is 1. The van der Waals surface area contributed by atoms with Gasteiger partial charge in [-0.1, -0.05) is 15.9 Å². The SMILES string of the molecule is CNC(Cc1cc(Br)ccc1F)c1ccc(F)cn1. The highest BCUT2D eigenvalue weighted by Crippen LogP contribution is 2.21. The Labute approximate surface area is 119 Å². The minimum atomic E-state index is -0.382. The van der Waals surface area contributed by atoms with Crippen LogP contribution in [-0.4, -0.2) is 12.0 Å². The van der Waals surface area contributed by atoms with Gasteiger partial charge in [-0.15, -0.1) is 0 Å². The highest BCUT2D eigenvalue weighted by atomic mass is 79.9. The molecule has 0 spiro atoms. The summed E-state index contributed by atoms with van der Waals surface area (Å²) in [5.41, 5.74) is 1.27. The Hall–Kier alpha value is -1.33. The van der Waals surface area contributed by atoms with Crippen LogP contribution in [0.3, 0.4) is 0 Å². The number of likely N-dealkylation sites (N-methyl/N-ethyl adjacent to an activating group) is 1. The first-order valence-electron chi connectivity index (χ1n) is 5.83. The summed E-state index contributed by atoms with van der Waals surface area (Å²) in [7, 11) is 1.77. The number of rotatable bonds is 4. The molecule has 1 aromatic heterocycles. The monoisotopic (exact) mass is 326 g/mol. The molecule has 2 rings (SSSR count). The number of benzene rings is 1. The molecule has 1 N–H and O–H groups in total. The average Bonchev–Trinajstić information content (AvgIpc) is 2.41. The normalized spacial score (nSPS) is 12.4. The predicted molar refractivity (Wildman–Crippen MR) is 73.8 cm³/mol. The van der Waals surface area contributed by atoms with Crippen LogP contribution in [0.1, 0.15) is 17.3 Å². The molecule has 0 saturated carbocycles. The van der Waals surface area contributed by atoms with Gasteiger partial charge in [0.05, 0.1) is 17.9 Å². The van der Waals surface area contributed by atoms with Gasteiger partial charge in [-0.05, 0) is 49.4 Å². The predicted octanol–water partition coefficient (Wildman–Crippen LogP) is 3.63. The fourth-order valence-corrected chi connectivity index (χ4v) is 2.28. The van der Waals surface area contributed by atoms with E-state index in [0.29, 0.717) is 17.7 Å². The first-order valence-corrected chi connectivity index (χ1v) is 6.62. The zero-order valence-corrected chi connectivity index (χ0v) is 11.9. The summed E-state index contributed by atoms with van der Waals surface area (Å²) in [6.45, 7) is 0. The molecule has 0 amide bonds. The van der Waals surface area contributed by atoms with E-state index in [0.717, 1.165) is 10.7 Å². The summed E-state index contributed by atoms with van der Waals surface area (Å²) in [5.74, 6) is -0.641. The average molecular weight is 327 g/mol. The van der Waals surface area contributed by atoms with Gasteiger partial charge in [0, 0.05) is 4.47 Å². The van der Waals surface area contributed by atoms with E-state index in [1.165, 1.54) is 12.1 Å². The molecule has 5 heteroatoms. The molecule has 0 radical (unpaired) electrons. The Balaban J connectivity index is 2.23. The number of hydrogen-bond acceptors (Lipinski definition) is 2. The van der Waals surface area contributed by atoms with Gasteiger partial charge >= 0.3 is 0 Å². The van der Waals surface area contributed by atoms with E-state index in [9.17, 15) is 8.78 Å². The minimum Gasteiger partial charge on any atom is -0.311 e. The van der Waals surface area contributed by atoms with E-state index >= 15 is 0 Å². The first kappa shape index (κ1) is 14.1. The number of hydrogen-bond donors (Lipinski definition) is 1. The molecule has 100 valence electrons. The topological polar surface area (TPSA) is 24.9 Å². The van der Waals surface area contributed by atoms with Gasteiger partial charge in [-0.2, -0.15) is 0 Å². The summed E-state index contributed by atoms with van der Waals surface area (Å²) >= 11 is 3.32. The Morgan fingerprint density at radius 2 is 2.05 bits per heavy atom. The fraction of sp³-hybridized carbons (Fsp3) is 0.214. The van der Waals surface area contributed by atoms with Crippen LogP contribution < -0.4 is 5.32 Å². The van der Waals surface area contributed by atoms with Gasteiger partial charge in [0.1, 0.15) is 11.6 Å². The van der Waals surface area contributed by atoms with Crippen molar-refractivity contribution >= 4 is 15.9 Å². The van der Waals surface area contributed by atoms with Crippen LogP contribution in [0.25, 0.3) is 0 Å². The summed E-state index contributed by atoms with van der Waals surface area (Å²) in [6.07, 6.45) is 1.61. The first-order chi connectivity index (χ1) is 9.10. The maximum atomic E-state index is 13.7. The van der Waals surface area contributed by atoms with Gasteiger partial charge in [-0.3, -0.25) is 4.98 Å². The fourth-order valence-electron chi connectivity index (χ4n) is 1.87. The van der Waals surface area contributed by atoms with Crippen molar-refractivity contribution in [2.45, 2.75) is 12.5 Å². The summed E-state index contributed by atoms with van der Waals surface area (Å²) in [4.78, 5) is 4.03. The second-order valence-electron chi connectivity index (χ2n) is 4.18. The number of nitrogens with zero attached hydrogens (tertiary/aromatic N) is 1. The molecule has 2 aromatic rings. The molecular weight excluding hydrogens is 314 g/mol. The quantitative estimate of drug-likeness (QED) is 0.928. The van der Waals surface area contributed by atoms with Crippen LogP contribution in [0.2, 0.25) is 0 Å². The van der Waals surface area contributed by atoms with Crippen LogP contribution >= 0.6 is 15.9 Å². The highest BCUT2D eigenvalue weighted by Gasteiger charge is 2.14. The molecular formula is C14H13BrF2N2. The molecule has 1 aromatic carbocycles. The molecule has 0 bridgehead atoms. The maximum absolute atomic E-state index is 13.7.